The number of hydrogen-bond donors (Lipinski definition) is 3. The minimum absolute atomic E-state index is 0.113. The average molecular weight is 781 g/mol. The van der Waals surface area contributed by atoms with E-state index < -0.39 is 6.04 Å². The number of carbonyl (C=O) groups excluding carboxylic acids is 2. The molecule has 58 heavy (non-hydrogen) atoms. The Bertz CT molecular complexity index is 2390. The zero-order valence-corrected chi connectivity index (χ0v) is 33.0. The topological polar surface area (TPSA) is 213 Å². The van der Waals surface area contributed by atoms with Crippen molar-refractivity contribution in [3.63, 3.8) is 0 Å². The smallest absolute Gasteiger partial charge is 0.234 e. The molecule has 5 aromatic rings. The summed E-state index contributed by atoms with van der Waals surface area (Å²) in [4.78, 5) is 38.1. The Labute approximate surface area is 337 Å². The number of carbonyl (C=O) groups is 2. The van der Waals surface area contributed by atoms with Gasteiger partial charge in [-0.05, 0) is 95.5 Å². The van der Waals surface area contributed by atoms with Crippen molar-refractivity contribution in [3.8, 4) is 23.6 Å². The first-order chi connectivity index (χ1) is 28.1. The third-order valence-corrected chi connectivity index (χ3v) is 12.2. The van der Waals surface area contributed by atoms with Crippen molar-refractivity contribution >= 4 is 40.0 Å². The number of rotatable bonds is 10. The van der Waals surface area contributed by atoms with Crippen molar-refractivity contribution in [3.05, 3.63) is 71.8 Å². The lowest BCUT2D eigenvalue weighted by molar-refractivity contribution is -0.134. The van der Waals surface area contributed by atoms with Gasteiger partial charge in [0.1, 0.15) is 23.6 Å². The lowest BCUT2D eigenvalue weighted by Crippen LogP contribution is -2.57. The van der Waals surface area contributed by atoms with Gasteiger partial charge in [0, 0.05) is 54.7 Å². The van der Waals surface area contributed by atoms with Gasteiger partial charge in [0.15, 0.2) is 11.5 Å². The van der Waals surface area contributed by atoms with E-state index in [1.54, 1.807) is 40.8 Å². The van der Waals surface area contributed by atoms with E-state index in [0.717, 1.165) is 56.6 Å². The fraction of sp³-hybridized carbons (Fsp3) is 0.452. The summed E-state index contributed by atoms with van der Waals surface area (Å²) in [5.74, 6) is 0.913. The maximum absolute atomic E-state index is 12.4. The van der Waals surface area contributed by atoms with Gasteiger partial charge in [-0.2, -0.15) is 20.3 Å². The average Bonchev–Trinajstić information content (AvgIpc) is 3.88. The molecule has 3 aliphatic rings. The number of benzene rings is 1. The monoisotopic (exact) mass is 780 g/mol. The van der Waals surface area contributed by atoms with Crippen LogP contribution < -0.4 is 21.3 Å². The van der Waals surface area contributed by atoms with Crippen molar-refractivity contribution < 1.29 is 9.59 Å². The highest BCUT2D eigenvalue weighted by molar-refractivity contribution is 6.01. The molecule has 8 rings (SSSR count). The molecule has 0 spiro atoms. The summed E-state index contributed by atoms with van der Waals surface area (Å²) >= 11 is 0. The summed E-state index contributed by atoms with van der Waals surface area (Å²) in [7, 11) is 0. The first-order valence-electron chi connectivity index (χ1n) is 20.2. The predicted octanol–water partition coefficient (Wildman–Crippen LogP) is 4.96. The molecule has 3 fully saturated rings. The largest absolute Gasteiger partial charge is 0.383 e. The summed E-state index contributed by atoms with van der Waals surface area (Å²) in [6.07, 6.45) is 11.8. The number of anilines is 3. The summed E-state index contributed by atoms with van der Waals surface area (Å²) in [6, 6.07) is 16.4. The van der Waals surface area contributed by atoms with Gasteiger partial charge in [0.05, 0.1) is 47.5 Å². The van der Waals surface area contributed by atoms with Gasteiger partial charge < -0.3 is 16.0 Å². The van der Waals surface area contributed by atoms with E-state index in [9.17, 15) is 20.1 Å². The third-order valence-electron chi connectivity index (χ3n) is 12.2. The normalized spacial score (nSPS) is 23.3. The van der Waals surface area contributed by atoms with Crippen molar-refractivity contribution in [2.45, 2.75) is 95.7 Å². The first-order valence-corrected chi connectivity index (χ1v) is 20.2. The van der Waals surface area contributed by atoms with E-state index >= 15 is 0 Å². The molecule has 4 atom stereocenters. The summed E-state index contributed by atoms with van der Waals surface area (Å²) in [6.45, 7) is 9.40. The number of hydrogen-bond acceptors (Lipinski definition) is 13. The molecule has 4 aromatic heterocycles. The number of nitrogens with one attached hydrogen (secondary N) is 2. The van der Waals surface area contributed by atoms with Crippen LogP contribution in [0.1, 0.15) is 94.4 Å². The molecule has 1 unspecified atom stereocenters. The lowest BCUT2D eigenvalue weighted by Gasteiger charge is -2.46. The Morgan fingerprint density at radius 2 is 1.78 bits per heavy atom. The molecule has 1 saturated carbocycles. The third kappa shape index (κ3) is 7.80. The first kappa shape index (κ1) is 38.5. The minimum Gasteiger partial charge on any atom is -0.383 e. The second-order valence-electron chi connectivity index (χ2n) is 16.1. The highest BCUT2D eigenvalue weighted by Crippen LogP contribution is 2.37. The molecular weight excluding hydrogens is 733 g/mol. The van der Waals surface area contributed by atoms with Gasteiger partial charge >= 0.3 is 0 Å². The van der Waals surface area contributed by atoms with Crippen LogP contribution >= 0.6 is 0 Å². The SMILES string of the molecule is C[C@H](C#N)Nc1cc(-n2ncc3cc(C#N)c(N)nc32)ncc1-n1cc(C2CCC(CCN3[C@@H](C)CN(c4ccc(C5CCC(=O)NC5=O)cc4)C[C@@H]3C)CC2)nn1. The highest BCUT2D eigenvalue weighted by atomic mass is 16.2. The molecule has 4 N–H and O–H groups in total. The Kier molecular flexibility index (Phi) is 10.8. The van der Waals surface area contributed by atoms with Crippen LogP contribution in [-0.2, 0) is 9.59 Å². The van der Waals surface area contributed by atoms with E-state index in [0.29, 0.717) is 65.0 Å². The number of aromatic nitrogens is 7. The molecular formula is C42H48N14O2. The van der Waals surface area contributed by atoms with Crippen LogP contribution in [0.5, 0.6) is 0 Å². The molecule has 16 heteroatoms. The van der Waals surface area contributed by atoms with Gasteiger partial charge in [0.2, 0.25) is 11.8 Å². The minimum atomic E-state index is -0.491. The molecule has 1 aromatic carbocycles. The molecule has 16 nitrogen and oxygen atoms in total. The van der Waals surface area contributed by atoms with Gasteiger partial charge in [-0.3, -0.25) is 19.8 Å². The zero-order chi connectivity index (χ0) is 40.5. The van der Waals surface area contributed by atoms with Crippen LogP contribution in [0.25, 0.3) is 22.5 Å². The molecule has 0 bridgehead atoms. The summed E-state index contributed by atoms with van der Waals surface area (Å²) in [5, 5.41) is 38.9. The molecule has 298 valence electrons. The number of amides is 2. The molecule has 0 radical (unpaired) electrons. The van der Waals surface area contributed by atoms with Gasteiger partial charge in [-0.1, -0.05) is 17.3 Å². The van der Waals surface area contributed by atoms with E-state index in [4.69, 9.17) is 5.73 Å². The summed E-state index contributed by atoms with van der Waals surface area (Å²) < 4.78 is 3.27. The standard InChI is InChI=1S/C42H48N14O2/c1-25(18-43)48-35-17-38(56-41-32(20-47-56)16-31(19-44)40(45)50-41)46-21-37(35)55-24-36(51-52-55)30-6-4-28(5-7-30)14-15-54-26(2)22-53(23-27(54)3)33-10-8-29(9-11-33)34-12-13-39(57)49-42(34)58/h8-11,16-17,20-21,24-28,30,34H,4-7,12-15,22-23H2,1-3H3,(H2,45,50)(H,46,48)(H,49,57,58)/t25-,26+,27+,28?,30?,34?/m1/s1. The molecule has 6 heterocycles. The maximum atomic E-state index is 12.4. The van der Waals surface area contributed by atoms with Crippen LogP contribution in [0.3, 0.4) is 0 Å². The number of imide groups is 1. The van der Waals surface area contributed by atoms with Gasteiger partial charge in [-0.25, -0.2) is 14.6 Å². The summed E-state index contributed by atoms with van der Waals surface area (Å²) in [5.41, 5.74) is 11.1. The van der Waals surface area contributed by atoms with Gasteiger partial charge in [0.25, 0.3) is 0 Å². The van der Waals surface area contributed by atoms with E-state index in [2.05, 4.69) is 83.9 Å². The Balaban J connectivity index is 0.867. The fourth-order valence-electron chi connectivity index (χ4n) is 8.94. The van der Waals surface area contributed by atoms with E-state index in [-0.39, 0.29) is 29.1 Å². The van der Waals surface area contributed by atoms with Crippen LogP contribution in [-0.4, -0.2) is 89.2 Å². The predicted molar refractivity (Wildman–Crippen MR) is 218 cm³/mol. The number of pyridine rings is 2. The second kappa shape index (κ2) is 16.2. The number of fused-ring (bicyclic) bond motifs is 1. The molecule has 2 saturated heterocycles. The van der Waals surface area contributed by atoms with Gasteiger partial charge in [-0.15, -0.1) is 5.10 Å². The van der Waals surface area contributed by atoms with Crippen molar-refractivity contribution in [2.24, 2.45) is 5.92 Å². The van der Waals surface area contributed by atoms with Crippen molar-refractivity contribution in [2.75, 3.05) is 35.6 Å². The number of nitrogen functional groups attached to an aromatic ring is 1. The van der Waals surface area contributed by atoms with E-state index in [1.165, 1.54) is 12.1 Å². The number of piperidine rings is 1. The quantitative estimate of drug-likeness (QED) is 0.160. The fourth-order valence-corrected chi connectivity index (χ4v) is 8.94. The number of piperazine rings is 1. The zero-order valence-electron chi connectivity index (χ0n) is 33.0. The van der Waals surface area contributed by atoms with Crippen molar-refractivity contribution in [1.82, 2.24) is 45.0 Å². The number of nitrogens with zero attached hydrogens (tertiary/aromatic N) is 11. The maximum Gasteiger partial charge on any atom is 0.234 e. The number of nitriles is 2. The number of nitrogens with two attached hydrogens (primary N) is 1. The van der Waals surface area contributed by atoms with Crippen LogP contribution in [0.15, 0.2) is 55.0 Å². The molecule has 2 aliphatic heterocycles. The highest BCUT2D eigenvalue weighted by Gasteiger charge is 2.32. The Morgan fingerprint density at radius 3 is 2.48 bits per heavy atom. The van der Waals surface area contributed by atoms with E-state index in [1.807, 2.05) is 18.3 Å². The van der Waals surface area contributed by atoms with Crippen molar-refractivity contribution in [1.29, 1.82) is 10.5 Å². The Morgan fingerprint density at radius 1 is 1.02 bits per heavy atom. The molecule has 2 amide bonds. The molecule has 1 aliphatic carbocycles. The van der Waals surface area contributed by atoms with Crippen LogP contribution in [0, 0.1) is 28.6 Å². The van der Waals surface area contributed by atoms with Crippen LogP contribution in [0.2, 0.25) is 0 Å². The Hall–Kier alpha value is -6.39. The van der Waals surface area contributed by atoms with Crippen LogP contribution in [0.4, 0.5) is 17.2 Å². The second-order valence-corrected chi connectivity index (χ2v) is 16.1. The lowest BCUT2D eigenvalue weighted by atomic mass is 9.79.